The highest BCUT2D eigenvalue weighted by Gasteiger charge is 2.30. The average Bonchev–Trinajstić information content (AvgIpc) is 2.87. The Kier molecular flexibility index (Phi) is 12.9. The van der Waals surface area contributed by atoms with Crippen molar-refractivity contribution in [3.8, 4) is 5.75 Å². The lowest BCUT2D eigenvalue weighted by molar-refractivity contribution is -0.147. The molecule has 11 heteroatoms. The summed E-state index contributed by atoms with van der Waals surface area (Å²) in [5, 5.41) is 3.35. The first-order valence-electron chi connectivity index (χ1n) is 12.4. The Morgan fingerprint density at radius 2 is 1.79 bits per heavy atom. The van der Waals surface area contributed by atoms with Crippen molar-refractivity contribution in [2.24, 2.45) is 0 Å². The van der Waals surface area contributed by atoms with Crippen molar-refractivity contribution in [2.75, 3.05) is 19.0 Å². The number of nitrogens with one attached hydrogen (secondary N) is 1. The standard InChI is InChI=1S/C28H31F3N2O4S.ClH/c1-3-36-27(35)25(33-19(2)34)17-20-7-10-22(11-8-20)37-15-5-4-6-16-38-26-13-14-32-24-18-21(28(29,30)31)9-12-23(24)26;/h7-14,18,25H,3-6,15-17H2,1-2H3,(H,33,34);1H/t25-;/m0./s1. The monoisotopic (exact) mass is 584 g/mol. The Bertz CT molecular complexity index is 1230. The number of nitrogens with zero attached hydrogens (tertiary/aromatic N) is 1. The minimum Gasteiger partial charge on any atom is -0.494 e. The van der Waals surface area contributed by atoms with Crippen molar-refractivity contribution in [3.05, 3.63) is 65.9 Å². The fraction of sp³-hybridized carbons (Fsp3) is 0.393. The Morgan fingerprint density at radius 1 is 1.05 bits per heavy atom. The topological polar surface area (TPSA) is 77.5 Å². The molecule has 1 aromatic heterocycles. The molecule has 0 spiro atoms. The van der Waals surface area contributed by atoms with Crippen LogP contribution in [0.2, 0.25) is 0 Å². The van der Waals surface area contributed by atoms with Gasteiger partial charge in [-0.2, -0.15) is 13.2 Å². The lowest BCUT2D eigenvalue weighted by Crippen LogP contribution is -2.42. The van der Waals surface area contributed by atoms with Gasteiger partial charge in [-0.1, -0.05) is 18.2 Å². The van der Waals surface area contributed by atoms with Crippen LogP contribution < -0.4 is 10.1 Å². The number of aromatic nitrogens is 1. The van der Waals surface area contributed by atoms with Crippen LogP contribution in [-0.2, 0) is 26.9 Å². The number of carbonyl (C=O) groups is 2. The number of esters is 1. The molecule has 0 saturated heterocycles. The quantitative estimate of drug-likeness (QED) is 0.138. The van der Waals surface area contributed by atoms with Crippen molar-refractivity contribution in [1.82, 2.24) is 10.3 Å². The number of carbonyl (C=O) groups excluding carboxylic acids is 2. The van der Waals surface area contributed by atoms with Crippen LogP contribution in [0, 0.1) is 0 Å². The molecule has 6 nitrogen and oxygen atoms in total. The number of ether oxygens (including phenoxy) is 2. The van der Waals surface area contributed by atoms with Crippen molar-refractivity contribution in [1.29, 1.82) is 0 Å². The zero-order valence-electron chi connectivity index (χ0n) is 21.8. The van der Waals surface area contributed by atoms with Crippen LogP contribution in [0.5, 0.6) is 5.75 Å². The van der Waals surface area contributed by atoms with E-state index in [9.17, 15) is 22.8 Å². The van der Waals surface area contributed by atoms with E-state index in [0.717, 1.165) is 58.7 Å². The largest absolute Gasteiger partial charge is 0.494 e. The molecule has 0 aliphatic carbocycles. The third-order valence-corrected chi connectivity index (χ3v) is 6.82. The number of amides is 1. The summed E-state index contributed by atoms with van der Waals surface area (Å²) in [5.41, 5.74) is 0.523. The molecule has 3 rings (SSSR count). The van der Waals surface area contributed by atoms with E-state index in [-0.39, 0.29) is 24.9 Å². The SMILES string of the molecule is CCOC(=O)[C@H](Cc1ccc(OCCCCCSc2ccnc3cc(C(F)(F)F)ccc23)cc1)NC(C)=O.Cl. The van der Waals surface area contributed by atoms with Crippen LogP contribution in [0.25, 0.3) is 10.9 Å². The average molecular weight is 585 g/mol. The Hall–Kier alpha value is -2.98. The smallest absolute Gasteiger partial charge is 0.416 e. The van der Waals surface area contributed by atoms with E-state index in [1.807, 2.05) is 30.3 Å². The van der Waals surface area contributed by atoms with E-state index < -0.39 is 23.8 Å². The van der Waals surface area contributed by atoms with Crippen LogP contribution in [0.15, 0.2) is 59.6 Å². The summed E-state index contributed by atoms with van der Waals surface area (Å²) in [4.78, 5) is 28.5. The van der Waals surface area contributed by atoms with E-state index in [2.05, 4.69) is 10.3 Å². The van der Waals surface area contributed by atoms with Crippen LogP contribution in [0.1, 0.15) is 44.2 Å². The Balaban J connectivity index is 0.00000533. The minimum atomic E-state index is -4.38. The highest BCUT2D eigenvalue weighted by atomic mass is 35.5. The number of rotatable bonds is 13. The number of pyridine rings is 1. The van der Waals surface area contributed by atoms with Crippen molar-refractivity contribution >= 4 is 46.9 Å². The van der Waals surface area contributed by atoms with Gasteiger partial charge in [0.15, 0.2) is 0 Å². The number of thioether (sulfide) groups is 1. The molecule has 3 aromatic rings. The van der Waals surface area contributed by atoms with E-state index >= 15 is 0 Å². The summed E-state index contributed by atoms with van der Waals surface area (Å²) in [6, 6.07) is 12.2. The highest BCUT2D eigenvalue weighted by Crippen LogP contribution is 2.34. The lowest BCUT2D eigenvalue weighted by Gasteiger charge is -2.16. The number of unbranched alkanes of at least 4 members (excludes halogenated alkanes) is 2. The Labute approximate surface area is 236 Å². The van der Waals surface area contributed by atoms with Gasteiger partial charge >= 0.3 is 12.1 Å². The first-order valence-corrected chi connectivity index (χ1v) is 13.4. The van der Waals surface area contributed by atoms with Crippen molar-refractivity contribution in [2.45, 2.75) is 56.6 Å². The second-order valence-corrected chi connectivity index (χ2v) is 9.79. The molecule has 212 valence electrons. The highest BCUT2D eigenvalue weighted by molar-refractivity contribution is 7.99. The molecule has 0 aliphatic heterocycles. The van der Waals surface area contributed by atoms with E-state index in [4.69, 9.17) is 9.47 Å². The normalized spacial score (nSPS) is 11.9. The number of halogens is 4. The van der Waals surface area contributed by atoms with Crippen molar-refractivity contribution < 1.29 is 32.2 Å². The first-order chi connectivity index (χ1) is 18.2. The van der Waals surface area contributed by atoms with Gasteiger partial charge in [-0.05, 0) is 67.8 Å². The molecule has 0 bridgehead atoms. The van der Waals surface area contributed by atoms with Crippen molar-refractivity contribution in [3.63, 3.8) is 0 Å². The molecule has 2 aromatic carbocycles. The molecular formula is C28H32ClF3N2O4S. The number of benzene rings is 2. The molecule has 1 atom stereocenters. The van der Waals surface area contributed by atoms with Crippen LogP contribution in [0.4, 0.5) is 13.2 Å². The third-order valence-electron chi connectivity index (χ3n) is 5.66. The van der Waals surface area contributed by atoms with Gasteiger partial charge in [0.25, 0.3) is 0 Å². The molecule has 0 fully saturated rings. The maximum Gasteiger partial charge on any atom is 0.416 e. The predicted molar refractivity (Wildman–Crippen MR) is 148 cm³/mol. The molecule has 1 heterocycles. The summed E-state index contributed by atoms with van der Waals surface area (Å²) in [5.74, 6) is 0.797. The van der Waals surface area contributed by atoms with E-state index in [1.54, 1.807) is 24.9 Å². The Morgan fingerprint density at radius 3 is 2.46 bits per heavy atom. The molecule has 0 unspecified atom stereocenters. The van der Waals surface area contributed by atoms with E-state index in [0.29, 0.717) is 18.5 Å². The molecular weight excluding hydrogens is 553 g/mol. The minimum absolute atomic E-state index is 0. The van der Waals surface area contributed by atoms with Crippen LogP contribution in [-0.4, -0.2) is 41.9 Å². The predicted octanol–water partition coefficient (Wildman–Crippen LogP) is 6.63. The van der Waals surface area contributed by atoms with Gasteiger partial charge in [0.1, 0.15) is 11.8 Å². The number of alkyl halides is 3. The second kappa shape index (κ2) is 15.6. The fourth-order valence-electron chi connectivity index (χ4n) is 3.82. The summed E-state index contributed by atoms with van der Waals surface area (Å²) >= 11 is 1.61. The summed E-state index contributed by atoms with van der Waals surface area (Å²) in [7, 11) is 0. The van der Waals surface area contributed by atoms with E-state index in [1.165, 1.54) is 13.0 Å². The molecule has 0 radical (unpaired) electrons. The van der Waals surface area contributed by atoms with Gasteiger partial charge in [0.2, 0.25) is 5.91 Å². The zero-order chi connectivity index (χ0) is 27.5. The van der Waals surface area contributed by atoms with Crippen LogP contribution >= 0.6 is 24.2 Å². The maximum atomic E-state index is 13.0. The van der Waals surface area contributed by atoms with Gasteiger partial charge in [0, 0.05) is 29.8 Å². The van der Waals surface area contributed by atoms with Gasteiger partial charge in [-0.3, -0.25) is 9.78 Å². The van der Waals surface area contributed by atoms with Crippen LogP contribution in [0.3, 0.4) is 0 Å². The number of fused-ring (bicyclic) bond motifs is 1. The third kappa shape index (κ3) is 10.3. The first kappa shape index (κ1) is 32.2. The number of hydrogen-bond donors (Lipinski definition) is 1. The fourth-order valence-corrected chi connectivity index (χ4v) is 4.87. The van der Waals surface area contributed by atoms with Gasteiger partial charge in [0.05, 0.1) is 24.3 Å². The molecule has 1 amide bonds. The summed E-state index contributed by atoms with van der Waals surface area (Å²) in [6.07, 6.45) is 0.235. The van der Waals surface area contributed by atoms with Gasteiger partial charge in [-0.15, -0.1) is 24.2 Å². The van der Waals surface area contributed by atoms with Gasteiger partial charge in [-0.25, -0.2) is 4.79 Å². The number of hydrogen-bond acceptors (Lipinski definition) is 6. The molecule has 0 aliphatic rings. The lowest BCUT2D eigenvalue weighted by atomic mass is 10.1. The maximum absolute atomic E-state index is 13.0. The molecule has 0 saturated carbocycles. The molecule has 39 heavy (non-hydrogen) atoms. The summed E-state index contributed by atoms with van der Waals surface area (Å²) in [6.45, 7) is 3.88. The second-order valence-electron chi connectivity index (χ2n) is 8.65. The van der Waals surface area contributed by atoms with Gasteiger partial charge < -0.3 is 14.8 Å². The zero-order valence-corrected chi connectivity index (χ0v) is 23.4. The molecule has 1 N–H and O–H groups in total. The summed E-state index contributed by atoms with van der Waals surface area (Å²) < 4.78 is 49.7.